The molecule has 7 heteroatoms. The van der Waals surface area contributed by atoms with Gasteiger partial charge in [-0.1, -0.05) is 11.6 Å². The second-order valence-corrected chi connectivity index (χ2v) is 4.35. The van der Waals surface area contributed by atoms with Crippen LogP contribution >= 0.6 is 23.8 Å². The van der Waals surface area contributed by atoms with Gasteiger partial charge in [-0.3, -0.25) is 10.1 Å². The van der Waals surface area contributed by atoms with Gasteiger partial charge in [0.15, 0.2) is 10.9 Å². The standard InChI is InChI=1S/C12H8ClFN2O2S/c13-7-3-4-9(8(14)6-7)15-12(19)16-11(17)10-2-1-5-18-10/h1-6H,(H2,15,16,17,19). The lowest BCUT2D eigenvalue weighted by Crippen LogP contribution is -2.34. The van der Waals surface area contributed by atoms with Crippen molar-refractivity contribution < 1.29 is 13.6 Å². The van der Waals surface area contributed by atoms with Gasteiger partial charge >= 0.3 is 0 Å². The number of amides is 1. The van der Waals surface area contributed by atoms with Gasteiger partial charge in [-0.2, -0.15) is 0 Å². The van der Waals surface area contributed by atoms with Crippen LogP contribution in [0.5, 0.6) is 0 Å². The number of carbonyl (C=O) groups is 1. The molecule has 1 heterocycles. The van der Waals surface area contributed by atoms with Gasteiger partial charge in [-0.15, -0.1) is 0 Å². The first-order valence-corrected chi connectivity index (χ1v) is 5.96. The molecule has 0 aliphatic rings. The molecule has 0 radical (unpaired) electrons. The molecule has 0 saturated carbocycles. The second kappa shape index (κ2) is 5.81. The summed E-state index contributed by atoms with van der Waals surface area (Å²) in [4.78, 5) is 11.6. The van der Waals surface area contributed by atoms with E-state index < -0.39 is 11.7 Å². The van der Waals surface area contributed by atoms with Crippen molar-refractivity contribution in [3.63, 3.8) is 0 Å². The Kier molecular flexibility index (Phi) is 4.13. The zero-order valence-corrected chi connectivity index (χ0v) is 11.0. The van der Waals surface area contributed by atoms with Crippen molar-refractivity contribution in [1.29, 1.82) is 0 Å². The molecule has 1 aromatic carbocycles. The van der Waals surface area contributed by atoms with Crippen LogP contribution in [-0.2, 0) is 0 Å². The third-order valence-electron chi connectivity index (χ3n) is 2.15. The van der Waals surface area contributed by atoms with Crippen LogP contribution in [0.25, 0.3) is 0 Å². The third-order valence-corrected chi connectivity index (χ3v) is 2.59. The molecule has 0 aliphatic heterocycles. The normalized spacial score (nSPS) is 10.0. The van der Waals surface area contributed by atoms with Gasteiger partial charge in [-0.05, 0) is 42.5 Å². The highest BCUT2D eigenvalue weighted by Crippen LogP contribution is 2.18. The molecule has 4 nitrogen and oxygen atoms in total. The molecule has 2 N–H and O–H groups in total. The van der Waals surface area contributed by atoms with Crippen LogP contribution in [0.2, 0.25) is 5.02 Å². The molecule has 0 unspecified atom stereocenters. The summed E-state index contributed by atoms with van der Waals surface area (Å²) in [5.41, 5.74) is 0.120. The summed E-state index contributed by atoms with van der Waals surface area (Å²) >= 11 is 10.5. The number of carbonyl (C=O) groups excluding carboxylic acids is 1. The average molecular weight is 299 g/mol. The molecule has 2 rings (SSSR count). The maximum atomic E-state index is 13.5. The summed E-state index contributed by atoms with van der Waals surface area (Å²) in [7, 11) is 0. The summed E-state index contributed by atoms with van der Waals surface area (Å²) in [6, 6.07) is 7.12. The second-order valence-electron chi connectivity index (χ2n) is 3.51. The van der Waals surface area contributed by atoms with E-state index in [0.717, 1.165) is 6.07 Å². The number of anilines is 1. The van der Waals surface area contributed by atoms with Gasteiger partial charge in [0.2, 0.25) is 0 Å². The predicted molar refractivity (Wildman–Crippen MR) is 73.8 cm³/mol. The number of nitrogens with one attached hydrogen (secondary N) is 2. The molecule has 0 aliphatic carbocycles. The Bertz CT molecular complexity index is 616. The van der Waals surface area contributed by atoms with Crippen molar-refractivity contribution in [2.45, 2.75) is 0 Å². The molecule has 19 heavy (non-hydrogen) atoms. The minimum Gasteiger partial charge on any atom is -0.459 e. The van der Waals surface area contributed by atoms with Gasteiger partial charge in [0.05, 0.1) is 12.0 Å². The minimum atomic E-state index is -0.568. The van der Waals surface area contributed by atoms with Crippen LogP contribution in [0.3, 0.4) is 0 Å². The lowest BCUT2D eigenvalue weighted by Gasteiger charge is -2.09. The first-order chi connectivity index (χ1) is 9.06. The zero-order valence-electron chi connectivity index (χ0n) is 9.44. The number of furan rings is 1. The molecule has 0 saturated heterocycles. The van der Waals surface area contributed by atoms with Gasteiger partial charge in [0, 0.05) is 5.02 Å². The first-order valence-electron chi connectivity index (χ1n) is 5.17. The van der Waals surface area contributed by atoms with Crippen LogP contribution < -0.4 is 10.6 Å². The Morgan fingerprint density at radius 2 is 2.16 bits per heavy atom. The van der Waals surface area contributed by atoms with Crippen LogP contribution in [0.1, 0.15) is 10.6 Å². The van der Waals surface area contributed by atoms with Crippen LogP contribution in [0, 0.1) is 5.82 Å². The molecular weight excluding hydrogens is 291 g/mol. The van der Waals surface area contributed by atoms with Crippen molar-refractivity contribution >= 4 is 40.5 Å². The Morgan fingerprint density at radius 1 is 1.37 bits per heavy atom. The van der Waals surface area contributed by atoms with E-state index in [1.807, 2.05) is 0 Å². The van der Waals surface area contributed by atoms with Crippen molar-refractivity contribution in [1.82, 2.24) is 5.32 Å². The van der Waals surface area contributed by atoms with E-state index in [0.29, 0.717) is 0 Å². The van der Waals surface area contributed by atoms with Gasteiger partial charge in [0.25, 0.3) is 5.91 Å². The topological polar surface area (TPSA) is 54.3 Å². The number of hydrogen-bond donors (Lipinski definition) is 2. The molecule has 1 aromatic heterocycles. The molecule has 0 fully saturated rings. The largest absolute Gasteiger partial charge is 0.459 e. The first kappa shape index (κ1) is 13.5. The fourth-order valence-corrected chi connectivity index (χ4v) is 1.68. The molecule has 98 valence electrons. The molecule has 0 spiro atoms. The fraction of sp³-hybridized carbons (Fsp3) is 0. The van der Waals surface area contributed by atoms with Crippen molar-refractivity contribution in [2.24, 2.45) is 0 Å². The summed E-state index contributed by atoms with van der Waals surface area (Å²) in [6.45, 7) is 0. The Balaban J connectivity index is 2.00. The van der Waals surface area contributed by atoms with Gasteiger partial charge in [0.1, 0.15) is 5.82 Å². The quantitative estimate of drug-likeness (QED) is 0.836. The maximum absolute atomic E-state index is 13.5. The Hall–Kier alpha value is -1.92. The highest BCUT2D eigenvalue weighted by Gasteiger charge is 2.11. The van der Waals surface area contributed by atoms with Crippen LogP contribution in [0.15, 0.2) is 41.0 Å². The van der Waals surface area contributed by atoms with E-state index in [2.05, 4.69) is 10.6 Å². The SMILES string of the molecule is O=C(NC(=S)Nc1ccc(Cl)cc1F)c1ccco1. The highest BCUT2D eigenvalue weighted by molar-refractivity contribution is 7.80. The van der Waals surface area contributed by atoms with E-state index in [-0.39, 0.29) is 21.6 Å². The van der Waals surface area contributed by atoms with E-state index in [4.69, 9.17) is 28.2 Å². The summed E-state index contributed by atoms with van der Waals surface area (Å²) in [5, 5.41) is 5.15. The number of halogens is 2. The fourth-order valence-electron chi connectivity index (χ4n) is 1.32. The molecule has 0 bridgehead atoms. The molecular formula is C12H8ClFN2O2S. The zero-order chi connectivity index (χ0) is 13.8. The predicted octanol–water partition coefficient (Wildman–Crippen LogP) is 3.20. The lowest BCUT2D eigenvalue weighted by molar-refractivity contribution is 0.0950. The highest BCUT2D eigenvalue weighted by atomic mass is 35.5. The van der Waals surface area contributed by atoms with E-state index in [1.165, 1.54) is 24.5 Å². The average Bonchev–Trinajstić information content (AvgIpc) is 2.86. The third kappa shape index (κ3) is 3.52. The van der Waals surface area contributed by atoms with E-state index in [1.54, 1.807) is 6.07 Å². The number of hydrogen-bond acceptors (Lipinski definition) is 3. The Labute approximate surface area is 118 Å². The molecule has 1 amide bonds. The van der Waals surface area contributed by atoms with Crippen molar-refractivity contribution in [3.05, 3.63) is 53.2 Å². The smallest absolute Gasteiger partial charge is 0.293 e. The Morgan fingerprint density at radius 3 is 2.79 bits per heavy atom. The van der Waals surface area contributed by atoms with Crippen molar-refractivity contribution in [2.75, 3.05) is 5.32 Å². The lowest BCUT2D eigenvalue weighted by atomic mass is 10.3. The van der Waals surface area contributed by atoms with E-state index >= 15 is 0 Å². The number of benzene rings is 1. The van der Waals surface area contributed by atoms with E-state index in [9.17, 15) is 9.18 Å². The molecule has 2 aromatic rings. The summed E-state index contributed by atoms with van der Waals surface area (Å²) in [5.74, 6) is -0.973. The van der Waals surface area contributed by atoms with Gasteiger partial charge < -0.3 is 9.73 Å². The maximum Gasteiger partial charge on any atom is 0.293 e. The van der Waals surface area contributed by atoms with Gasteiger partial charge in [-0.25, -0.2) is 4.39 Å². The number of thiocarbonyl (C=S) groups is 1. The van der Waals surface area contributed by atoms with Crippen LogP contribution in [0.4, 0.5) is 10.1 Å². The monoisotopic (exact) mass is 298 g/mol. The van der Waals surface area contributed by atoms with Crippen molar-refractivity contribution in [3.8, 4) is 0 Å². The summed E-state index contributed by atoms with van der Waals surface area (Å²) < 4.78 is 18.4. The minimum absolute atomic E-state index is 0.0392. The van der Waals surface area contributed by atoms with Crippen LogP contribution in [-0.4, -0.2) is 11.0 Å². The summed E-state index contributed by atoms with van der Waals surface area (Å²) in [6.07, 6.45) is 1.37. The number of rotatable bonds is 2. The molecule has 0 atom stereocenters.